The molecule has 23 heavy (non-hydrogen) atoms. The second kappa shape index (κ2) is 5.66. The lowest BCUT2D eigenvalue weighted by Crippen LogP contribution is -2.44. The smallest absolute Gasteiger partial charge is 0.246 e. The van der Waals surface area contributed by atoms with Crippen LogP contribution in [0.4, 0.5) is 0 Å². The lowest BCUT2D eigenvalue weighted by molar-refractivity contribution is -0.141. The third-order valence-corrected chi connectivity index (χ3v) is 4.19. The number of nitrogens with zero attached hydrogens (tertiary/aromatic N) is 3. The zero-order valence-electron chi connectivity index (χ0n) is 12.8. The van der Waals surface area contributed by atoms with Crippen molar-refractivity contribution in [1.82, 2.24) is 15.1 Å². The van der Waals surface area contributed by atoms with Crippen molar-refractivity contribution in [2.24, 2.45) is 0 Å². The maximum absolute atomic E-state index is 12.9. The molecule has 7 heteroatoms. The summed E-state index contributed by atoms with van der Waals surface area (Å²) >= 11 is 0. The van der Waals surface area contributed by atoms with E-state index in [9.17, 15) is 4.79 Å². The fraction of sp³-hybridized carbons (Fsp3) is 0.438. The van der Waals surface area contributed by atoms with Crippen molar-refractivity contribution in [3.8, 4) is 5.75 Å². The third kappa shape index (κ3) is 2.57. The van der Waals surface area contributed by atoms with Crippen molar-refractivity contribution >= 4 is 5.91 Å². The second-order valence-electron chi connectivity index (χ2n) is 5.70. The minimum atomic E-state index is -0.369. The Labute approximate surface area is 133 Å². The van der Waals surface area contributed by atoms with Crippen LogP contribution in [0, 0.1) is 6.92 Å². The van der Waals surface area contributed by atoms with Gasteiger partial charge in [-0.2, -0.15) is 0 Å². The lowest BCUT2D eigenvalue weighted by Gasteiger charge is -2.32. The maximum atomic E-state index is 12.9. The average molecular weight is 315 g/mol. The summed E-state index contributed by atoms with van der Waals surface area (Å²) < 4.78 is 16.7. The summed E-state index contributed by atoms with van der Waals surface area (Å²) in [6.45, 7) is 3.54. The summed E-state index contributed by atoms with van der Waals surface area (Å²) in [6, 6.07) is 7.68. The van der Waals surface area contributed by atoms with Crippen LogP contribution in [0.25, 0.3) is 0 Å². The van der Waals surface area contributed by atoms with Gasteiger partial charge in [-0.3, -0.25) is 4.79 Å². The van der Waals surface area contributed by atoms with Gasteiger partial charge in [0.2, 0.25) is 17.7 Å². The van der Waals surface area contributed by atoms with Gasteiger partial charge in [0.25, 0.3) is 0 Å². The van der Waals surface area contributed by atoms with Gasteiger partial charge in [-0.1, -0.05) is 18.2 Å². The number of amides is 1. The molecule has 0 N–H and O–H groups in total. The van der Waals surface area contributed by atoms with E-state index in [1.54, 1.807) is 11.8 Å². The number of carbonyl (C=O) groups is 1. The molecular weight excluding hydrogens is 298 g/mol. The molecule has 1 aromatic carbocycles. The normalized spacial score (nSPS) is 23.4. The molecule has 2 atom stereocenters. The summed E-state index contributed by atoms with van der Waals surface area (Å²) in [6.07, 6.45) is -0.369. The van der Waals surface area contributed by atoms with Gasteiger partial charge in [-0.05, 0) is 6.07 Å². The van der Waals surface area contributed by atoms with Gasteiger partial charge >= 0.3 is 0 Å². The number of para-hydroxylation sites is 1. The van der Waals surface area contributed by atoms with Gasteiger partial charge < -0.3 is 18.8 Å². The zero-order valence-corrected chi connectivity index (χ0v) is 12.8. The summed E-state index contributed by atoms with van der Waals surface area (Å²) in [7, 11) is 0. The number of morpholine rings is 1. The molecule has 2 aromatic rings. The molecule has 0 spiro atoms. The van der Waals surface area contributed by atoms with E-state index in [0.29, 0.717) is 38.1 Å². The molecule has 1 fully saturated rings. The Hall–Kier alpha value is -2.41. The van der Waals surface area contributed by atoms with Crippen LogP contribution >= 0.6 is 0 Å². The van der Waals surface area contributed by atoms with Crippen LogP contribution in [0.1, 0.15) is 29.4 Å². The summed E-state index contributed by atoms with van der Waals surface area (Å²) in [5.74, 6) is 1.50. The summed E-state index contributed by atoms with van der Waals surface area (Å²) in [5.41, 5.74) is 0.953. The van der Waals surface area contributed by atoms with Crippen LogP contribution in [-0.2, 0) is 9.53 Å². The van der Waals surface area contributed by atoms with Crippen LogP contribution in [-0.4, -0.2) is 47.3 Å². The van der Waals surface area contributed by atoms with Gasteiger partial charge in [-0.25, -0.2) is 0 Å². The van der Waals surface area contributed by atoms with E-state index in [4.69, 9.17) is 13.9 Å². The number of aryl methyl sites for hydroxylation is 1. The highest BCUT2D eigenvalue weighted by molar-refractivity contribution is 5.85. The maximum Gasteiger partial charge on any atom is 0.246 e. The number of rotatable bonds is 2. The number of aromatic nitrogens is 2. The highest BCUT2D eigenvalue weighted by atomic mass is 16.5. The number of benzene rings is 1. The summed E-state index contributed by atoms with van der Waals surface area (Å²) in [5, 5.41) is 7.81. The van der Waals surface area contributed by atoms with Crippen LogP contribution in [0.3, 0.4) is 0 Å². The Balaban J connectivity index is 1.51. The molecule has 1 aromatic heterocycles. The van der Waals surface area contributed by atoms with Crippen LogP contribution in [0.2, 0.25) is 0 Å². The van der Waals surface area contributed by atoms with Crippen LogP contribution in [0.15, 0.2) is 28.7 Å². The van der Waals surface area contributed by atoms with E-state index in [2.05, 4.69) is 10.2 Å². The van der Waals surface area contributed by atoms with E-state index in [1.807, 2.05) is 24.3 Å². The number of ether oxygens (including phenoxy) is 2. The Morgan fingerprint density at radius 2 is 2.17 bits per heavy atom. The van der Waals surface area contributed by atoms with E-state index >= 15 is 0 Å². The van der Waals surface area contributed by atoms with Crippen molar-refractivity contribution in [3.63, 3.8) is 0 Å². The molecule has 120 valence electrons. The van der Waals surface area contributed by atoms with Crippen molar-refractivity contribution < 1.29 is 18.7 Å². The zero-order chi connectivity index (χ0) is 15.8. The predicted octanol–water partition coefficient (Wildman–Crippen LogP) is 1.45. The van der Waals surface area contributed by atoms with Gasteiger partial charge in [0.05, 0.1) is 13.2 Å². The third-order valence-electron chi connectivity index (χ3n) is 4.19. The fourth-order valence-electron chi connectivity index (χ4n) is 3.03. The molecule has 0 unspecified atom stereocenters. The van der Waals surface area contributed by atoms with Crippen LogP contribution < -0.4 is 4.74 Å². The van der Waals surface area contributed by atoms with E-state index in [0.717, 1.165) is 11.3 Å². The number of fused-ring (bicyclic) bond motifs is 1. The van der Waals surface area contributed by atoms with Crippen molar-refractivity contribution in [3.05, 3.63) is 41.6 Å². The quantitative estimate of drug-likeness (QED) is 0.835. The largest absolute Gasteiger partial charge is 0.492 e. The SMILES string of the molecule is Cc1nnc([C@H]2CN(C(=O)[C@H]3COc4ccccc43)CCO2)o1. The molecule has 1 amide bonds. The Bertz CT molecular complexity index is 730. The second-order valence-corrected chi connectivity index (χ2v) is 5.70. The summed E-state index contributed by atoms with van der Waals surface area (Å²) in [4.78, 5) is 14.7. The standard InChI is InChI=1S/C16H17N3O4/c1-10-17-18-15(23-10)14-8-19(6-7-21-14)16(20)12-9-22-13-5-3-2-4-11(12)13/h2-5,12,14H,6-9H2,1H3/t12-,14+/m0/s1. The first kappa shape index (κ1) is 14.2. The minimum absolute atomic E-state index is 0.0551. The molecule has 2 aliphatic heterocycles. The van der Waals surface area contributed by atoms with Crippen molar-refractivity contribution in [1.29, 1.82) is 0 Å². The Kier molecular flexibility index (Phi) is 3.49. The molecule has 1 saturated heterocycles. The molecule has 4 rings (SSSR count). The van der Waals surface area contributed by atoms with Gasteiger partial charge in [0.15, 0.2) is 6.10 Å². The average Bonchev–Trinajstić information content (AvgIpc) is 3.20. The molecule has 0 saturated carbocycles. The molecule has 3 heterocycles. The topological polar surface area (TPSA) is 77.7 Å². The monoisotopic (exact) mass is 315 g/mol. The molecule has 0 bridgehead atoms. The predicted molar refractivity (Wildman–Crippen MR) is 79.0 cm³/mol. The Morgan fingerprint density at radius 1 is 1.30 bits per heavy atom. The van der Waals surface area contributed by atoms with Crippen molar-refractivity contribution in [2.45, 2.75) is 18.9 Å². The molecule has 0 aliphatic carbocycles. The minimum Gasteiger partial charge on any atom is -0.492 e. The first-order valence-electron chi connectivity index (χ1n) is 7.64. The highest BCUT2D eigenvalue weighted by Gasteiger charge is 2.36. The lowest BCUT2D eigenvalue weighted by atomic mass is 9.99. The van der Waals surface area contributed by atoms with Crippen molar-refractivity contribution in [2.75, 3.05) is 26.3 Å². The number of hydrogen-bond donors (Lipinski definition) is 0. The molecule has 0 radical (unpaired) electrons. The van der Waals surface area contributed by atoms with Gasteiger partial charge in [0.1, 0.15) is 18.3 Å². The number of carbonyl (C=O) groups excluding carboxylic acids is 1. The van der Waals surface area contributed by atoms with Crippen LogP contribution in [0.5, 0.6) is 5.75 Å². The van der Waals surface area contributed by atoms with E-state index < -0.39 is 0 Å². The van der Waals surface area contributed by atoms with Gasteiger partial charge in [0, 0.05) is 19.0 Å². The highest BCUT2D eigenvalue weighted by Crippen LogP contribution is 2.35. The van der Waals surface area contributed by atoms with E-state index in [-0.39, 0.29) is 17.9 Å². The molecule has 2 aliphatic rings. The van der Waals surface area contributed by atoms with Gasteiger partial charge in [-0.15, -0.1) is 10.2 Å². The Morgan fingerprint density at radius 3 is 3.00 bits per heavy atom. The fourth-order valence-corrected chi connectivity index (χ4v) is 3.03. The van der Waals surface area contributed by atoms with E-state index in [1.165, 1.54) is 0 Å². The number of hydrogen-bond acceptors (Lipinski definition) is 6. The molecule has 7 nitrogen and oxygen atoms in total. The molecular formula is C16H17N3O4. The first-order chi connectivity index (χ1) is 11.2. The first-order valence-corrected chi connectivity index (χ1v) is 7.64.